The summed E-state index contributed by atoms with van der Waals surface area (Å²) in [7, 11) is 0. The van der Waals surface area contributed by atoms with E-state index < -0.39 is 12.1 Å². The van der Waals surface area contributed by atoms with Gasteiger partial charge in [-0.25, -0.2) is 4.79 Å². The molecule has 3 N–H and O–H groups in total. The van der Waals surface area contributed by atoms with Gasteiger partial charge in [-0.15, -0.1) is 11.8 Å². The second kappa shape index (κ2) is 8.41. The van der Waals surface area contributed by atoms with Gasteiger partial charge in [0.15, 0.2) is 0 Å². The van der Waals surface area contributed by atoms with E-state index in [1.165, 1.54) is 11.8 Å². The van der Waals surface area contributed by atoms with Gasteiger partial charge in [0, 0.05) is 11.8 Å². The van der Waals surface area contributed by atoms with E-state index in [9.17, 15) is 14.7 Å². The molecule has 0 aliphatic carbocycles. The maximum absolute atomic E-state index is 11.3. The lowest BCUT2D eigenvalue weighted by atomic mass is 10.3. The Labute approximate surface area is 100 Å². The molecule has 2 unspecified atom stereocenters. The standard InChI is InChI=1S/C10H20N2O3S/c1-4-5-11-10(15)12-9(14)6-16-8(3)7(2)13/h7-8,13H,4-6H2,1-3H3,(H2,11,12,14,15). The lowest BCUT2D eigenvalue weighted by Crippen LogP contribution is -2.40. The van der Waals surface area contributed by atoms with Gasteiger partial charge in [0.2, 0.25) is 5.91 Å². The Balaban J connectivity index is 3.70. The molecule has 0 aliphatic rings. The molecular formula is C10H20N2O3S. The summed E-state index contributed by atoms with van der Waals surface area (Å²) < 4.78 is 0. The van der Waals surface area contributed by atoms with Gasteiger partial charge in [-0.3, -0.25) is 10.1 Å². The topological polar surface area (TPSA) is 78.4 Å². The number of carbonyl (C=O) groups excluding carboxylic acids is 2. The largest absolute Gasteiger partial charge is 0.392 e. The molecule has 0 rings (SSSR count). The van der Waals surface area contributed by atoms with Crippen LogP contribution in [0.2, 0.25) is 0 Å². The van der Waals surface area contributed by atoms with E-state index in [4.69, 9.17) is 0 Å². The smallest absolute Gasteiger partial charge is 0.321 e. The average Bonchev–Trinajstić information content (AvgIpc) is 2.22. The lowest BCUT2D eigenvalue weighted by molar-refractivity contribution is -0.117. The van der Waals surface area contributed by atoms with Crippen molar-refractivity contribution in [2.45, 2.75) is 38.5 Å². The third-order valence-electron chi connectivity index (χ3n) is 1.95. The molecule has 0 aromatic heterocycles. The highest BCUT2D eigenvalue weighted by Gasteiger charge is 2.13. The summed E-state index contributed by atoms with van der Waals surface area (Å²) in [6, 6.07) is -0.461. The van der Waals surface area contributed by atoms with Crippen molar-refractivity contribution in [2.24, 2.45) is 0 Å². The van der Waals surface area contributed by atoms with Crippen molar-refractivity contribution in [3.8, 4) is 0 Å². The molecule has 94 valence electrons. The van der Waals surface area contributed by atoms with Crippen LogP contribution in [0.25, 0.3) is 0 Å². The minimum atomic E-state index is -0.466. The first-order valence-electron chi connectivity index (χ1n) is 5.34. The van der Waals surface area contributed by atoms with E-state index in [0.717, 1.165) is 6.42 Å². The van der Waals surface area contributed by atoms with Crippen LogP contribution in [-0.2, 0) is 4.79 Å². The zero-order valence-corrected chi connectivity index (χ0v) is 10.8. The molecule has 5 nitrogen and oxygen atoms in total. The minimum Gasteiger partial charge on any atom is -0.392 e. The number of nitrogens with one attached hydrogen (secondary N) is 2. The molecule has 0 spiro atoms. The zero-order valence-electron chi connectivity index (χ0n) is 9.95. The number of amides is 3. The highest BCUT2D eigenvalue weighted by molar-refractivity contribution is 8.00. The monoisotopic (exact) mass is 248 g/mol. The number of hydrogen-bond acceptors (Lipinski definition) is 4. The molecule has 0 saturated carbocycles. The van der Waals surface area contributed by atoms with E-state index >= 15 is 0 Å². The van der Waals surface area contributed by atoms with Crippen molar-refractivity contribution in [3.05, 3.63) is 0 Å². The number of urea groups is 1. The first-order chi connectivity index (χ1) is 7.47. The minimum absolute atomic E-state index is 0.0237. The number of hydrogen-bond donors (Lipinski definition) is 3. The fourth-order valence-corrected chi connectivity index (χ4v) is 1.56. The maximum atomic E-state index is 11.3. The Morgan fingerprint density at radius 1 is 1.38 bits per heavy atom. The first-order valence-corrected chi connectivity index (χ1v) is 6.39. The number of carbonyl (C=O) groups is 2. The predicted molar refractivity (Wildman–Crippen MR) is 65.4 cm³/mol. The van der Waals surface area contributed by atoms with Gasteiger partial charge >= 0.3 is 6.03 Å². The Bertz CT molecular complexity index is 234. The molecule has 0 heterocycles. The lowest BCUT2D eigenvalue weighted by Gasteiger charge is -2.13. The quantitative estimate of drug-likeness (QED) is 0.647. The molecule has 0 radical (unpaired) electrons. The molecule has 2 atom stereocenters. The first kappa shape index (κ1) is 15.2. The highest BCUT2D eigenvalue weighted by atomic mass is 32.2. The molecular weight excluding hydrogens is 228 g/mol. The summed E-state index contributed by atoms with van der Waals surface area (Å²) in [5.74, 6) is -0.169. The van der Waals surface area contributed by atoms with Crippen LogP contribution in [0.15, 0.2) is 0 Å². The molecule has 0 bridgehead atoms. The van der Waals surface area contributed by atoms with E-state index in [-0.39, 0.29) is 16.9 Å². The van der Waals surface area contributed by atoms with E-state index in [1.807, 2.05) is 13.8 Å². The zero-order chi connectivity index (χ0) is 12.6. The molecule has 0 saturated heterocycles. The van der Waals surface area contributed by atoms with Gasteiger partial charge in [0.25, 0.3) is 0 Å². The fraction of sp³-hybridized carbons (Fsp3) is 0.800. The molecule has 0 fully saturated rings. The van der Waals surface area contributed by atoms with E-state index in [2.05, 4.69) is 10.6 Å². The van der Waals surface area contributed by atoms with Crippen molar-refractivity contribution in [1.29, 1.82) is 0 Å². The Morgan fingerprint density at radius 3 is 2.50 bits per heavy atom. The predicted octanol–water partition coefficient (Wildman–Crippen LogP) is 0.725. The molecule has 6 heteroatoms. The molecule has 0 aliphatic heterocycles. The van der Waals surface area contributed by atoms with Crippen molar-refractivity contribution >= 4 is 23.7 Å². The van der Waals surface area contributed by atoms with Crippen LogP contribution < -0.4 is 10.6 Å². The number of rotatable bonds is 6. The number of aliphatic hydroxyl groups is 1. The SMILES string of the molecule is CCCNC(=O)NC(=O)CSC(C)C(C)O. The normalized spacial score (nSPS) is 14.0. The number of imide groups is 1. The number of aliphatic hydroxyl groups excluding tert-OH is 1. The number of thioether (sulfide) groups is 1. The summed E-state index contributed by atoms with van der Waals surface area (Å²) in [5, 5.41) is 13.9. The van der Waals surface area contributed by atoms with Crippen LogP contribution in [0.4, 0.5) is 4.79 Å². The van der Waals surface area contributed by atoms with Crippen molar-refractivity contribution in [2.75, 3.05) is 12.3 Å². The van der Waals surface area contributed by atoms with Crippen molar-refractivity contribution in [1.82, 2.24) is 10.6 Å². The van der Waals surface area contributed by atoms with E-state index in [1.54, 1.807) is 6.92 Å². The van der Waals surface area contributed by atoms with Gasteiger partial charge < -0.3 is 10.4 Å². The summed E-state index contributed by atoms with van der Waals surface area (Å²) in [6.07, 6.45) is 0.363. The molecule has 0 aromatic rings. The van der Waals surface area contributed by atoms with Crippen LogP contribution in [0.1, 0.15) is 27.2 Å². The van der Waals surface area contributed by atoms with Gasteiger partial charge in [-0.1, -0.05) is 13.8 Å². The average molecular weight is 248 g/mol. The van der Waals surface area contributed by atoms with Gasteiger partial charge in [-0.05, 0) is 13.3 Å². The van der Waals surface area contributed by atoms with Crippen LogP contribution in [0, 0.1) is 0 Å². The van der Waals surface area contributed by atoms with E-state index in [0.29, 0.717) is 6.54 Å². The van der Waals surface area contributed by atoms with Crippen LogP contribution in [-0.4, -0.2) is 40.7 Å². The van der Waals surface area contributed by atoms with Crippen molar-refractivity contribution < 1.29 is 14.7 Å². The molecule has 16 heavy (non-hydrogen) atoms. The molecule has 0 aromatic carbocycles. The fourth-order valence-electron chi connectivity index (χ4n) is 0.792. The summed E-state index contributed by atoms with van der Waals surface area (Å²) in [6.45, 7) is 5.99. The van der Waals surface area contributed by atoms with Crippen LogP contribution in [0.3, 0.4) is 0 Å². The second-order valence-electron chi connectivity index (χ2n) is 3.56. The summed E-state index contributed by atoms with van der Waals surface area (Å²) in [4.78, 5) is 22.4. The highest BCUT2D eigenvalue weighted by Crippen LogP contribution is 2.13. The van der Waals surface area contributed by atoms with Gasteiger partial charge in [0.05, 0.1) is 11.9 Å². The second-order valence-corrected chi connectivity index (χ2v) is 4.93. The van der Waals surface area contributed by atoms with Crippen LogP contribution >= 0.6 is 11.8 Å². The summed E-state index contributed by atoms with van der Waals surface area (Å²) >= 11 is 1.32. The Morgan fingerprint density at radius 2 is 2.00 bits per heavy atom. The Kier molecular flexibility index (Phi) is 8.01. The Hall–Kier alpha value is -0.750. The van der Waals surface area contributed by atoms with Crippen LogP contribution in [0.5, 0.6) is 0 Å². The summed E-state index contributed by atoms with van der Waals surface area (Å²) in [5.41, 5.74) is 0. The van der Waals surface area contributed by atoms with Gasteiger partial charge in [0.1, 0.15) is 0 Å². The third kappa shape index (κ3) is 7.53. The van der Waals surface area contributed by atoms with Crippen molar-refractivity contribution in [3.63, 3.8) is 0 Å². The van der Waals surface area contributed by atoms with Gasteiger partial charge in [-0.2, -0.15) is 0 Å². The molecule has 3 amide bonds. The third-order valence-corrected chi connectivity index (χ3v) is 3.29. The maximum Gasteiger partial charge on any atom is 0.321 e.